The van der Waals surface area contributed by atoms with E-state index in [1.807, 2.05) is 37.3 Å². The minimum atomic E-state index is -0.0242. The molecule has 3 aromatic carbocycles. The topological polar surface area (TPSA) is 47.6 Å². The van der Waals surface area contributed by atoms with E-state index < -0.39 is 0 Å². The van der Waals surface area contributed by atoms with Gasteiger partial charge < -0.3 is 14.8 Å². The lowest BCUT2D eigenvalue weighted by molar-refractivity contribution is -0.121. The third-order valence-electron chi connectivity index (χ3n) is 4.73. The number of aryl methyl sites for hydroxylation is 1. The predicted octanol–water partition coefficient (Wildman–Crippen LogP) is 4.38. The molecule has 0 saturated heterocycles. The number of rotatable bonds is 5. The van der Waals surface area contributed by atoms with Crippen LogP contribution in [-0.2, 0) is 11.2 Å². The van der Waals surface area contributed by atoms with Crippen LogP contribution in [0.25, 0.3) is 10.8 Å². The number of carbonyl (C=O) groups is 1. The first-order chi connectivity index (χ1) is 12.7. The molecule has 0 spiro atoms. The lowest BCUT2D eigenvalue weighted by atomic mass is 10.0. The number of benzene rings is 3. The Kier molecular flexibility index (Phi) is 4.48. The van der Waals surface area contributed by atoms with Crippen LogP contribution in [0.4, 0.5) is 0 Å². The van der Waals surface area contributed by atoms with Gasteiger partial charge in [-0.25, -0.2) is 0 Å². The molecule has 0 fully saturated rings. The fourth-order valence-electron chi connectivity index (χ4n) is 3.23. The zero-order valence-electron chi connectivity index (χ0n) is 14.7. The SMILES string of the molecule is CC(NC(=O)CCc1ccc2c(c1)OCO2)c1ccc2ccccc2c1. The smallest absolute Gasteiger partial charge is 0.231 e. The van der Waals surface area contributed by atoms with Crippen molar-refractivity contribution in [2.24, 2.45) is 0 Å². The molecular weight excluding hydrogens is 326 g/mol. The van der Waals surface area contributed by atoms with E-state index in [1.54, 1.807) is 0 Å². The van der Waals surface area contributed by atoms with Crippen molar-refractivity contribution in [3.8, 4) is 11.5 Å². The summed E-state index contributed by atoms with van der Waals surface area (Å²) in [6, 6.07) is 20.3. The molecule has 132 valence electrons. The van der Waals surface area contributed by atoms with Crippen LogP contribution in [0.1, 0.15) is 30.5 Å². The van der Waals surface area contributed by atoms with Gasteiger partial charge in [-0.1, -0.05) is 42.5 Å². The highest BCUT2D eigenvalue weighted by molar-refractivity contribution is 5.83. The zero-order valence-corrected chi connectivity index (χ0v) is 14.7. The highest BCUT2D eigenvalue weighted by atomic mass is 16.7. The summed E-state index contributed by atoms with van der Waals surface area (Å²) in [6.07, 6.45) is 1.12. The van der Waals surface area contributed by atoms with Gasteiger partial charge in [0.15, 0.2) is 11.5 Å². The summed E-state index contributed by atoms with van der Waals surface area (Å²) in [5.41, 5.74) is 2.18. The first-order valence-electron chi connectivity index (χ1n) is 8.85. The molecule has 0 bridgehead atoms. The Labute approximate surface area is 152 Å². The summed E-state index contributed by atoms with van der Waals surface area (Å²) in [6.45, 7) is 2.28. The molecule has 0 saturated carbocycles. The van der Waals surface area contributed by atoms with Crippen molar-refractivity contribution in [1.29, 1.82) is 0 Å². The maximum atomic E-state index is 12.3. The van der Waals surface area contributed by atoms with Crippen molar-refractivity contribution >= 4 is 16.7 Å². The van der Waals surface area contributed by atoms with Crippen molar-refractivity contribution in [1.82, 2.24) is 5.32 Å². The largest absolute Gasteiger partial charge is 0.454 e. The molecule has 3 aromatic rings. The van der Waals surface area contributed by atoms with Gasteiger partial charge in [0.1, 0.15) is 0 Å². The van der Waals surface area contributed by atoms with Crippen LogP contribution in [0.2, 0.25) is 0 Å². The van der Waals surface area contributed by atoms with Gasteiger partial charge in [0.2, 0.25) is 12.7 Å². The monoisotopic (exact) mass is 347 g/mol. The Bertz CT molecular complexity index is 951. The number of nitrogens with one attached hydrogen (secondary N) is 1. The number of fused-ring (bicyclic) bond motifs is 2. The molecule has 4 heteroatoms. The quantitative estimate of drug-likeness (QED) is 0.745. The number of amides is 1. The summed E-state index contributed by atoms with van der Waals surface area (Å²) < 4.78 is 10.7. The van der Waals surface area contributed by atoms with E-state index in [2.05, 4.69) is 35.6 Å². The molecule has 1 unspecified atom stereocenters. The van der Waals surface area contributed by atoms with Crippen LogP contribution in [0.15, 0.2) is 60.7 Å². The van der Waals surface area contributed by atoms with Crippen LogP contribution in [-0.4, -0.2) is 12.7 Å². The van der Waals surface area contributed by atoms with Gasteiger partial charge in [-0.3, -0.25) is 4.79 Å². The fraction of sp³-hybridized carbons (Fsp3) is 0.227. The molecule has 4 nitrogen and oxygen atoms in total. The summed E-state index contributed by atoms with van der Waals surface area (Å²) in [7, 11) is 0. The number of ether oxygens (including phenoxy) is 2. The van der Waals surface area contributed by atoms with Crippen molar-refractivity contribution in [3.05, 3.63) is 71.8 Å². The van der Waals surface area contributed by atoms with E-state index in [9.17, 15) is 4.79 Å². The predicted molar refractivity (Wildman–Crippen MR) is 101 cm³/mol. The molecule has 26 heavy (non-hydrogen) atoms. The molecule has 1 amide bonds. The van der Waals surface area contributed by atoms with Crippen molar-refractivity contribution in [2.45, 2.75) is 25.8 Å². The third kappa shape index (κ3) is 3.49. The second kappa shape index (κ2) is 7.08. The van der Waals surface area contributed by atoms with Gasteiger partial charge in [-0.2, -0.15) is 0 Å². The highest BCUT2D eigenvalue weighted by Crippen LogP contribution is 2.32. The number of hydrogen-bond acceptors (Lipinski definition) is 3. The maximum absolute atomic E-state index is 12.3. The van der Waals surface area contributed by atoms with E-state index >= 15 is 0 Å². The van der Waals surface area contributed by atoms with Crippen molar-refractivity contribution in [2.75, 3.05) is 6.79 Å². The summed E-state index contributed by atoms with van der Waals surface area (Å²) >= 11 is 0. The number of hydrogen-bond donors (Lipinski definition) is 1. The Morgan fingerprint density at radius 1 is 1.00 bits per heavy atom. The lowest BCUT2D eigenvalue weighted by Gasteiger charge is -2.15. The molecule has 0 radical (unpaired) electrons. The molecule has 1 N–H and O–H groups in total. The summed E-state index contributed by atoms with van der Waals surface area (Å²) in [4.78, 5) is 12.3. The minimum Gasteiger partial charge on any atom is -0.454 e. The molecule has 0 aromatic heterocycles. The van der Waals surface area contributed by atoms with E-state index in [0.717, 1.165) is 22.6 Å². The molecule has 1 heterocycles. The van der Waals surface area contributed by atoms with Crippen molar-refractivity contribution < 1.29 is 14.3 Å². The minimum absolute atomic E-state index is 0.0242. The zero-order chi connectivity index (χ0) is 17.9. The number of carbonyl (C=O) groups excluding carboxylic acids is 1. The second-order valence-corrected chi connectivity index (χ2v) is 6.58. The molecule has 1 aliphatic heterocycles. The van der Waals surface area contributed by atoms with Gasteiger partial charge in [0.25, 0.3) is 0 Å². The Morgan fingerprint density at radius 2 is 1.81 bits per heavy atom. The maximum Gasteiger partial charge on any atom is 0.231 e. The van der Waals surface area contributed by atoms with Crippen LogP contribution in [0.3, 0.4) is 0 Å². The Balaban J connectivity index is 1.36. The van der Waals surface area contributed by atoms with E-state index in [4.69, 9.17) is 9.47 Å². The third-order valence-corrected chi connectivity index (χ3v) is 4.73. The summed E-state index contributed by atoms with van der Waals surface area (Å²) in [5, 5.41) is 5.48. The van der Waals surface area contributed by atoms with Crippen LogP contribution >= 0.6 is 0 Å². The fourth-order valence-corrected chi connectivity index (χ4v) is 3.23. The van der Waals surface area contributed by atoms with Gasteiger partial charge in [-0.05, 0) is 53.4 Å². The van der Waals surface area contributed by atoms with Gasteiger partial charge in [-0.15, -0.1) is 0 Å². The molecule has 4 rings (SSSR count). The van der Waals surface area contributed by atoms with Gasteiger partial charge in [0.05, 0.1) is 6.04 Å². The first-order valence-corrected chi connectivity index (χ1v) is 8.85. The molecular formula is C22H21NO3. The van der Waals surface area contributed by atoms with E-state index in [-0.39, 0.29) is 18.7 Å². The average molecular weight is 347 g/mol. The first kappa shape index (κ1) is 16.5. The molecule has 1 atom stereocenters. The second-order valence-electron chi connectivity index (χ2n) is 6.58. The van der Waals surface area contributed by atoms with E-state index in [1.165, 1.54) is 10.8 Å². The highest BCUT2D eigenvalue weighted by Gasteiger charge is 2.14. The van der Waals surface area contributed by atoms with Gasteiger partial charge >= 0.3 is 0 Å². The molecule has 1 aliphatic rings. The van der Waals surface area contributed by atoms with Gasteiger partial charge in [0, 0.05) is 6.42 Å². The average Bonchev–Trinajstić information content (AvgIpc) is 3.13. The molecule has 0 aliphatic carbocycles. The normalized spacial score (nSPS) is 13.6. The Morgan fingerprint density at radius 3 is 2.69 bits per heavy atom. The summed E-state index contributed by atoms with van der Waals surface area (Å²) in [5.74, 6) is 1.57. The van der Waals surface area contributed by atoms with E-state index in [0.29, 0.717) is 12.8 Å². The van der Waals surface area contributed by atoms with Crippen LogP contribution in [0.5, 0.6) is 11.5 Å². The standard InChI is InChI=1S/C22H21NO3/c1-15(18-9-8-17-4-2-3-5-19(17)13-18)23-22(24)11-7-16-6-10-20-21(12-16)26-14-25-20/h2-6,8-10,12-13,15H,7,11,14H2,1H3,(H,23,24). The Hall–Kier alpha value is -3.01. The van der Waals surface area contributed by atoms with Crippen LogP contribution < -0.4 is 14.8 Å². The van der Waals surface area contributed by atoms with Crippen LogP contribution in [0, 0.1) is 0 Å². The lowest BCUT2D eigenvalue weighted by Crippen LogP contribution is -2.26. The van der Waals surface area contributed by atoms with Crippen molar-refractivity contribution in [3.63, 3.8) is 0 Å².